The van der Waals surface area contributed by atoms with Gasteiger partial charge in [0.2, 0.25) is 5.91 Å². The monoisotopic (exact) mass is 366 g/mol. The van der Waals surface area contributed by atoms with Gasteiger partial charge in [-0.3, -0.25) is 4.79 Å². The molecule has 0 aliphatic heterocycles. The molecule has 0 aliphatic carbocycles. The number of rotatable bonds is 7. The molecule has 0 saturated carbocycles. The highest BCUT2D eigenvalue weighted by Crippen LogP contribution is 2.26. The van der Waals surface area contributed by atoms with E-state index in [0.717, 1.165) is 6.42 Å². The minimum Gasteiger partial charge on any atom is -0.454 e. The highest BCUT2D eigenvalue weighted by Gasteiger charge is 2.17. The van der Waals surface area contributed by atoms with E-state index in [0.29, 0.717) is 17.7 Å². The van der Waals surface area contributed by atoms with Gasteiger partial charge in [0.1, 0.15) is 5.75 Å². The summed E-state index contributed by atoms with van der Waals surface area (Å²) in [6.45, 7) is 3.76. The zero-order valence-corrected chi connectivity index (χ0v) is 15.2. The first-order chi connectivity index (χ1) is 11.5. The maximum absolute atomic E-state index is 14.3. The first-order valence-corrected chi connectivity index (χ1v) is 8.09. The number of benzene rings is 2. The van der Waals surface area contributed by atoms with E-state index in [-0.39, 0.29) is 30.1 Å². The molecule has 2 atom stereocenters. The number of hydrogen-bond acceptors (Lipinski definition) is 3. The fourth-order valence-electron chi connectivity index (χ4n) is 2.33. The summed E-state index contributed by atoms with van der Waals surface area (Å²) in [4.78, 5) is 12.0. The van der Waals surface area contributed by atoms with Crippen LogP contribution in [-0.4, -0.2) is 11.9 Å². The molecule has 2 aromatic rings. The first kappa shape index (κ1) is 20.9. The van der Waals surface area contributed by atoms with Crippen molar-refractivity contribution < 1.29 is 13.9 Å². The maximum atomic E-state index is 14.3. The van der Waals surface area contributed by atoms with E-state index >= 15 is 0 Å². The zero-order chi connectivity index (χ0) is 17.5. The highest BCUT2D eigenvalue weighted by molar-refractivity contribution is 5.85. The Balaban J connectivity index is 0.00000312. The van der Waals surface area contributed by atoms with Crippen LogP contribution < -0.4 is 15.8 Å². The average Bonchev–Trinajstić information content (AvgIpc) is 2.57. The van der Waals surface area contributed by atoms with Crippen molar-refractivity contribution >= 4 is 18.3 Å². The van der Waals surface area contributed by atoms with Crippen LogP contribution >= 0.6 is 12.4 Å². The fourth-order valence-corrected chi connectivity index (χ4v) is 2.33. The smallest absolute Gasteiger partial charge is 0.237 e. The van der Waals surface area contributed by atoms with Crippen LogP contribution in [0.3, 0.4) is 0 Å². The zero-order valence-electron chi connectivity index (χ0n) is 14.4. The summed E-state index contributed by atoms with van der Waals surface area (Å²) < 4.78 is 19.8. The van der Waals surface area contributed by atoms with E-state index in [2.05, 4.69) is 5.32 Å². The van der Waals surface area contributed by atoms with Gasteiger partial charge in [-0.25, -0.2) is 4.39 Å². The summed E-state index contributed by atoms with van der Waals surface area (Å²) in [5.41, 5.74) is 6.45. The van der Waals surface area contributed by atoms with Crippen molar-refractivity contribution in [3.63, 3.8) is 0 Å². The van der Waals surface area contributed by atoms with Crippen LogP contribution in [-0.2, 0) is 4.79 Å². The number of carbonyl (C=O) groups is 1. The molecule has 0 spiro atoms. The predicted octanol–water partition coefficient (Wildman–Crippen LogP) is 4.34. The number of halogens is 2. The molecule has 4 nitrogen and oxygen atoms in total. The Morgan fingerprint density at radius 1 is 1.24 bits per heavy atom. The van der Waals surface area contributed by atoms with Gasteiger partial charge < -0.3 is 15.8 Å². The van der Waals surface area contributed by atoms with Crippen LogP contribution in [0.4, 0.5) is 4.39 Å². The Hall–Kier alpha value is -2.11. The van der Waals surface area contributed by atoms with Gasteiger partial charge in [-0.1, -0.05) is 37.6 Å². The summed E-state index contributed by atoms with van der Waals surface area (Å²) in [6, 6.07) is 12.8. The standard InChI is InChI=1S/C19H23FN2O2.ClH/c1-3-7-17(21)19(23)22-13(2)14-10-11-18(16(20)12-14)24-15-8-5-4-6-9-15;/h4-6,8-13,17H,3,7,21H2,1-2H3,(H,22,23);1H. The van der Waals surface area contributed by atoms with Gasteiger partial charge in [0.15, 0.2) is 11.6 Å². The van der Waals surface area contributed by atoms with E-state index in [1.807, 2.05) is 25.1 Å². The fraction of sp³-hybridized carbons (Fsp3) is 0.316. The van der Waals surface area contributed by atoms with Crippen molar-refractivity contribution in [2.24, 2.45) is 5.73 Å². The number of ether oxygens (including phenoxy) is 1. The summed E-state index contributed by atoms with van der Waals surface area (Å²) in [5.74, 6) is 0.00637. The van der Waals surface area contributed by atoms with E-state index in [1.165, 1.54) is 6.07 Å². The van der Waals surface area contributed by atoms with E-state index in [4.69, 9.17) is 10.5 Å². The third-order valence-corrected chi connectivity index (χ3v) is 3.72. The third kappa shape index (κ3) is 6.03. The Kier molecular flexibility index (Phi) is 8.38. The molecule has 3 N–H and O–H groups in total. The molecule has 0 fully saturated rings. The molecular formula is C19H24ClFN2O2. The second kappa shape index (κ2) is 10.0. The van der Waals surface area contributed by atoms with Gasteiger partial charge >= 0.3 is 0 Å². The molecule has 2 aromatic carbocycles. The lowest BCUT2D eigenvalue weighted by atomic mass is 10.1. The number of nitrogens with two attached hydrogens (primary N) is 1. The van der Waals surface area contributed by atoms with Crippen LogP contribution in [0, 0.1) is 5.82 Å². The van der Waals surface area contributed by atoms with E-state index in [9.17, 15) is 9.18 Å². The summed E-state index contributed by atoms with van der Waals surface area (Å²) in [5, 5.41) is 2.81. The maximum Gasteiger partial charge on any atom is 0.237 e. The summed E-state index contributed by atoms with van der Waals surface area (Å²) in [7, 11) is 0. The number of hydrogen-bond donors (Lipinski definition) is 2. The van der Waals surface area contributed by atoms with Crippen molar-refractivity contribution in [2.75, 3.05) is 0 Å². The lowest BCUT2D eigenvalue weighted by Gasteiger charge is -2.18. The van der Waals surface area contributed by atoms with Gasteiger partial charge in [-0.05, 0) is 43.2 Å². The van der Waals surface area contributed by atoms with Crippen molar-refractivity contribution in [3.05, 3.63) is 59.9 Å². The second-order valence-corrected chi connectivity index (χ2v) is 5.73. The molecule has 25 heavy (non-hydrogen) atoms. The predicted molar refractivity (Wildman–Crippen MR) is 99.6 cm³/mol. The van der Waals surface area contributed by atoms with Gasteiger partial charge in [-0.2, -0.15) is 0 Å². The molecule has 0 aromatic heterocycles. The lowest BCUT2D eigenvalue weighted by Crippen LogP contribution is -2.41. The van der Waals surface area contributed by atoms with Crippen LogP contribution in [0.1, 0.15) is 38.3 Å². The minimum absolute atomic E-state index is 0. The lowest BCUT2D eigenvalue weighted by molar-refractivity contribution is -0.123. The van der Waals surface area contributed by atoms with Crippen molar-refractivity contribution in [3.8, 4) is 11.5 Å². The molecule has 0 radical (unpaired) electrons. The van der Waals surface area contributed by atoms with Crippen molar-refractivity contribution in [1.82, 2.24) is 5.32 Å². The normalized spacial score (nSPS) is 12.6. The van der Waals surface area contributed by atoms with Crippen molar-refractivity contribution in [2.45, 2.75) is 38.8 Å². The second-order valence-electron chi connectivity index (χ2n) is 5.73. The number of carbonyl (C=O) groups excluding carboxylic acids is 1. The third-order valence-electron chi connectivity index (χ3n) is 3.72. The summed E-state index contributed by atoms with van der Waals surface area (Å²) in [6.07, 6.45) is 1.46. The van der Waals surface area contributed by atoms with Gasteiger partial charge in [0.05, 0.1) is 12.1 Å². The largest absolute Gasteiger partial charge is 0.454 e. The van der Waals surface area contributed by atoms with Crippen LogP contribution in [0.5, 0.6) is 11.5 Å². The quantitative estimate of drug-likeness (QED) is 0.765. The van der Waals surface area contributed by atoms with Crippen LogP contribution in [0.25, 0.3) is 0 Å². The molecule has 0 bridgehead atoms. The molecule has 1 amide bonds. The summed E-state index contributed by atoms with van der Waals surface area (Å²) >= 11 is 0. The molecule has 0 aliphatic rings. The minimum atomic E-state index is -0.539. The molecular weight excluding hydrogens is 343 g/mol. The van der Waals surface area contributed by atoms with Gasteiger partial charge in [0, 0.05) is 0 Å². The molecule has 0 saturated heterocycles. The average molecular weight is 367 g/mol. The molecule has 2 unspecified atom stereocenters. The highest BCUT2D eigenvalue weighted by atomic mass is 35.5. The Morgan fingerprint density at radius 3 is 2.52 bits per heavy atom. The van der Waals surface area contributed by atoms with Crippen molar-refractivity contribution in [1.29, 1.82) is 0 Å². The Morgan fingerprint density at radius 2 is 1.92 bits per heavy atom. The Labute approximate surface area is 154 Å². The van der Waals surface area contributed by atoms with Gasteiger partial charge in [-0.15, -0.1) is 12.4 Å². The van der Waals surface area contributed by atoms with E-state index < -0.39 is 11.9 Å². The first-order valence-electron chi connectivity index (χ1n) is 8.09. The van der Waals surface area contributed by atoms with E-state index in [1.54, 1.807) is 31.2 Å². The number of para-hydroxylation sites is 1. The molecule has 2 rings (SSSR count). The molecule has 6 heteroatoms. The Bertz CT molecular complexity index is 682. The van der Waals surface area contributed by atoms with Crippen LogP contribution in [0.15, 0.2) is 48.5 Å². The number of nitrogens with one attached hydrogen (secondary N) is 1. The molecule has 136 valence electrons. The number of amides is 1. The van der Waals surface area contributed by atoms with Crippen LogP contribution in [0.2, 0.25) is 0 Å². The van der Waals surface area contributed by atoms with Gasteiger partial charge in [0.25, 0.3) is 0 Å². The molecule has 0 heterocycles. The SMILES string of the molecule is CCCC(N)C(=O)NC(C)c1ccc(Oc2ccccc2)c(F)c1.Cl. The topological polar surface area (TPSA) is 64.4 Å².